The molecule has 1 aliphatic rings. The molecule has 1 fully saturated rings. The highest BCUT2D eigenvalue weighted by Gasteiger charge is 2.17. The first-order chi connectivity index (χ1) is 11.6. The maximum absolute atomic E-state index is 12.3. The fourth-order valence-electron chi connectivity index (χ4n) is 2.70. The molecule has 3 rings (SSSR count). The van der Waals surface area contributed by atoms with E-state index in [1.165, 1.54) is 0 Å². The van der Waals surface area contributed by atoms with Gasteiger partial charge in [0.15, 0.2) is 5.69 Å². The number of aromatic nitrogens is 2. The van der Waals surface area contributed by atoms with E-state index < -0.39 is 6.03 Å². The molecular formula is C16H20N6O2. The minimum Gasteiger partial charge on any atom is -0.351 e. The van der Waals surface area contributed by atoms with Crippen molar-refractivity contribution in [1.82, 2.24) is 15.1 Å². The summed E-state index contributed by atoms with van der Waals surface area (Å²) in [5, 5.41) is 13.0. The van der Waals surface area contributed by atoms with Crippen molar-refractivity contribution in [2.24, 2.45) is 5.73 Å². The molecule has 2 aromatic rings. The second-order valence-corrected chi connectivity index (χ2v) is 5.70. The molecule has 1 atom stereocenters. The number of nitrogens with one attached hydrogen (secondary N) is 3. The molecule has 126 valence electrons. The number of rotatable bonds is 4. The number of nitrogens with zero attached hydrogens (tertiary/aromatic N) is 2. The molecule has 1 unspecified atom stereocenters. The Morgan fingerprint density at radius 2 is 1.88 bits per heavy atom. The normalized spacial score (nSPS) is 17.2. The van der Waals surface area contributed by atoms with Crippen LogP contribution in [0.5, 0.6) is 0 Å². The van der Waals surface area contributed by atoms with Gasteiger partial charge in [-0.3, -0.25) is 9.48 Å². The zero-order chi connectivity index (χ0) is 16.9. The number of amides is 3. The van der Waals surface area contributed by atoms with E-state index >= 15 is 0 Å². The molecule has 3 amide bonds. The van der Waals surface area contributed by atoms with Crippen molar-refractivity contribution in [1.29, 1.82) is 0 Å². The quantitative estimate of drug-likeness (QED) is 0.681. The first-order valence-electron chi connectivity index (χ1n) is 7.85. The van der Waals surface area contributed by atoms with Gasteiger partial charge in [0, 0.05) is 24.1 Å². The van der Waals surface area contributed by atoms with Gasteiger partial charge >= 0.3 is 6.03 Å². The number of benzene rings is 1. The van der Waals surface area contributed by atoms with E-state index in [0.29, 0.717) is 23.1 Å². The highest BCUT2D eigenvalue weighted by Crippen LogP contribution is 2.17. The predicted octanol–water partition coefficient (Wildman–Crippen LogP) is 1.55. The van der Waals surface area contributed by atoms with E-state index in [4.69, 9.17) is 5.73 Å². The number of urea groups is 1. The average Bonchev–Trinajstić information content (AvgIpc) is 3.07. The minimum absolute atomic E-state index is 0.270. The summed E-state index contributed by atoms with van der Waals surface area (Å²) >= 11 is 0. The first-order valence-corrected chi connectivity index (χ1v) is 7.85. The maximum atomic E-state index is 12.3. The second kappa shape index (κ2) is 7.14. The molecule has 0 saturated carbocycles. The Labute approximate surface area is 139 Å². The van der Waals surface area contributed by atoms with Gasteiger partial charge in [0.05, 0.1) is 6.04 Å². The average molecular weight is 328 g/mol. The summed E-state index contributed by atoms with van der Waals surface area (Å²) < 4.78 is 1.85. The van der Waals surface area contributed by atoms with Crippen LogP contribution in [0, 0.1) is 0 Å². The maximum Gasteiger partial charge on any atom is 0.316 e. The lowest BCUT2D eigenvalue weighted by Gasteiger charge is -2.22. The van der Waals surface area contributed by atoms with Gasteiger partial charge in [-0.2, -0.15) is 5.10 Å². The van der Waals surface area contributed by atoms with Crippen molar-refractivity contribution >= 4 is 23.3 Å². The van der Waals surface area contributed by atoms with E-state index in [1.54, 1.807) is 30.3 Å². The van der Waals surface area contributed by atoms with Gasteiger partial charge in [-0.05, 0) is 49.7 Å². The molecule has 24 heavy (non-hydrogen) atoms. The summed E-state index contributed by atoms with van der Waals surface area (Å²) in [6.45, 7) is 1.91. The monoisotopic (exact) mass is 328 g/mol. The number of piperidine rings is 1. The Morgan fingerprint density at radius 1 is 1.17 bits per heavy atom. The van der Waals surface area contributed by atoms with Gasteiger partial charge in [-0.15, -0.1) is 0 Å². The molecule has 2 heterocycles. The van der Waals surface area contributed by atoms with Crippen molar-refractivity contribution in [3.05, 3.63) is 42.2 Å². The highest BCUT2D eigenvalue weighted by molar-refractivity contribution is 6.02. The number of hydrogen-bond donors (Lipinski definition) is 4. The first kappa shape index (κ1) is 16.0. The van der Waals surface area contributed by atoms with Crippen LogP contribution in [-0.4, -0.2) is 34.8 Å². The molecule has 0 radical (unpaired) electrons. The van der Waals surface area contributed by atoms with Gasteiger partial charge < -0.3 is 21.7 Å². The molecule has 0 spiro atoms. The van der Waals surface area contributed by atoms with Crippen molar-refractivity contribution in [3.63, 3.8) is 0 Å². The topological polar surface area (TPSA) is 114 Å². The van der Waals surface area contributed by atoms with E-state index in [1.807, 2.05) is 10.9 Å². The smallest absolute Gasteiger partial charge is 0.316 e. The molecule has 1 aromatic heterocycles. The fourth-order valence-corrected chi connectivity index (χ4v) is 2.70. The predicted molar refractivity (Wildman–Crippen MR) is 91.0 cm³/mol. The van der Waals surface area contributed by atoms with Crippen LogP contribution in [0.1, 0.15) is 29.4 Å². The van der Waals surface area contributed by atoms with E-state index in [-0.39, 0.29) is 5.91 Å². The second-order valence-electron chi connectivity index (χ2n) is 5.70. The zero-order valence-electron chi connectivity index (χ0n) is 13.2. The summed E-state index contributed by atoms with van der Waals surface area (Å²) in [7, 11) is 0. The van der Waals surface area contributed by atoms with Crippen molar-refractivity contribution in [3.8, 4) is 0 Å². The Kier molecular flexibility index (Phi) is 4.76. The SMILES string of the molecule is NC(=O)Nc1ccc(NC(=O)c2ccn(C3CCCNC3)n2)cc1. The molecule has 8 heteroatoms. The molecule has 1 saturated heterocycles. The molecule has 5 N–H and O–H groups in total. The van der Waals surface area contributed by atoms with E-state index in [9.17, 15) is 9.59 Å². The molecule has 8 nitrogen and oxygen atoms in total. The third kappa shape index (κ3) is 3.90. The summed E-state index contributed by atoms with van der Waals surface area (Å²) in [6.07, 6.45) is 4.01. The summed E-state index contributed by atoms with van der Waals surface area (Å²) in [5.41, 5.74) is 6.60. The number of carbonyl (C=O) groups is 2. The number of primary amides is 1. The lowest BCUT2D eigenvalue weighted by Crippen LogP contribution is -2.32. The summed E-state index contributed by atoms with van der Waals surface area (Å²) in [5.74, 6) is -0.270. The Morgan fingerprint density at radius 3 is 2.50 bits per heavy atom. The van der Waals surface area contributed by atoms with Gasteiger partial charge in [0.25, 0.3) is 5.91 Å². The Balaban J connectivity index is 1.62. The molecule has 1 aromatic carbocycles. The molecule has 1 aliphatic heterocycles. The summed E-state index contributed by atoms with van der Waals surface area (Å²) in [6, 6.07) is 8.07. The van der Waals surface area contributed by atoms with Crippen molar-refractivity contribution < 1.29 is 9.59 Å². The largest absolute Gasteiger partial charge is 0.351 e. The number of anilines is 2. The Hall–Kier alpha value is -2.87. The van der Waals surface area contributed by atoms with Crippen LogP contribution >= 0.6 is 0 Å². The number of hydrogen-bond acceptors (Lipinski definition) is 4. The van der Waals surface area contributed by atoms with E-state index in [0.717, 1.165) is 25.9 Å². The van der Waals surface area contributed by atoms with Gasteiger partial charge in [-0.1, -0.05) is 0 Å². The Bertz CT molecular complexity index is 718. The number of carbonyl (C=O) groups excluding carboxylic acids is 2. The number of nitrogens with two attached hydrogens (primary N) is 1. The zero-order valence-corrected chi connectivity index (χ0v) is 13.2. The van der Waals surface area contributed by atoms with Crippen LogP contribution in [0.2, 0.25) is 0 Å². The third-order valence-corrected chi connectivity index (χ3v) is 3.90. The van der Waals surface area contributed by atoms with Crippen LogP contribution in [0.25, 0.3) is 0 Å². The van der Waals surface area contributed by atoms with Crippen LogP contribution in [-0.2, 0) is 0 Å². The van der Waals surface area contributed by atoms with Crippen LogP contribution in [0.3, 0.4) is 0 Å². The van der Waals surface area contributed by atoms with Crippen molar-refractivity contribution in [2.45, 2.75) is 18.9 Å². The van der Waals surface area contributed by atoms with Gasteiger partial charge in [-0.25, -0.2) is 4.79 Å². The highest BCUT2D eigenvalue weighted by atomic mass is 16.2. The molecular weight excluding hydrogens is 308 g/mol. The van der Waals surface area contributed by atoms with Crippen LogP contribution < -0.4 is 21.7 Å². The summed E-state index contributed by atoms with van der Waals surface area (Å²) in [4.78, 5) is 23.1. The van der Waals surface area contributed by atoms with E-state index in [2.05, 4.69) is 21.0 Å². The lowest BCUT2D eigenvalue weighted by molar-refractivity contribution is 0.102. The third-order valence-electron chi connectivity index (χ3n) is 3.90. The molecule has 0 aliphatic carbocycles. The van der Waals surface area contributed by atoms with Gasteiger partial charge in [0.1, 0.15) is 0 Å². The fraction of sp³-hybridized carbons (Fsp3) is 0.312. The van der Waals surface area contributed by atoms with Crippen LogP contribution in [0.4, 0.5) is 16.2 Å². The minimum atomic E-state index is -0.630. The standard InChI is InChI=1S/C16H20N6O2/c17-16(24)20-12-5-3-11(4-6-12)19-15(23)14-7-9-22(21-14)13-2-1-8-18-10-13/h3-7,9,13,18H,1-2,8,10H2,(H,19,23)(H3,17,20,24). The van der Waals surface area contributed by atoms with Crippen molar-refractivity contribution in [2.75, 3.05) is 23.7 Å². The van der Waals surface area contributed by atoms with Gasteiger partial charge in [0.2, 0.25) is 0 Å². The lowest BCUT2D eigenvalue weighted by atomic mass is 10.1. The molecule has 0 bridgehead atoms. The van der Waals surface area contributed by atoms with Crippen LogP contribution in [0.15, 0.2) is 36.5 Å².